The van der Waals surface area contributed by atoms with Gasteiger partial charge in [0, 0.05) is 24.2 Å². The summed E-state index contributed by atoms with van der Waals surface area (Å²) >= 11 is 0. The molecular formula is C14H19NO. The first-order valence-electron chi connectivity index (χ1n) is 5.98. The number of carbonyl (C=O) groups is 1. The maximum absolute atomic E-state index is 10.7. The van der Waals surface area contributed by atoms with Gasteiger partial charge in [-0.25, -0.2) is 0 Å². The Morgan fingerprint density at radius 2 is 2.25 bits per heavy atom. The molecule has 0 aromatic heterocycles. The van der Waals surface area contributed by atoms with Crippen molar-refractivity contribution >= 4 is 12.0 Å². The van der Waals surface area contributed by atoms with Gasteiger partial charge < -0.3 is 9.69 Å². The predicted octanol–water partition coefficient (Wildman–Crippen LogP) is 2.59. The maximum Gasteiger partial charge on any atom is 0.124 e. The van der Waals surface area contributed by atoms with Crippen molar-refractivity contribution in [3.63, 3.8) is 0 Å². The highest BCUT2D eigenvalue weighted by atomic mass is 16.1. The van der Waals surface area contributed by atoms with Crippen molar-refractivity contribution in [2.45, 2.75) is 45.7 Å². The van der Waals surface area contributed by atoms with E-state index < -0.39 is 0 Å². The summed E-state index contributed by atoms with van der Waals surface area (Å²) in [5.74, 6) is 0. The number of nitrogens with zero attached hydrogens (tertiary/aromatic N) is 1. The zero-order valence-electron chi connectivity index (χ0n) is 10.2. The second-order valence-electron chi connectivity index (χ2n) is 4.84. The highest BCUT2D eigenvalue weighted by molar-refractivity contribution is 5.66. The monoisotopic (exact) mass is 217 g/mol. The molecule has 1 aliphatic rings. The van der Waals surface area contributed by atoms with Crippen LogP contribution in [0.25, 0.3) is 0 Å². The fourth-order valence-electron chi connectivity index (χ4n) is 2.80. The normalized spacial score (nSPS) is 19.0. The smallest absolute Gasteiger partial charge is 0.124 e. The molecule has 0 spiro atoms. The van der Waals surface area contributed by atoms with Crippen molar-refractivity contribution in [1.29, 1.82) is 0 Å². The molecule has 1 unspecified atom stereocenters. The second kappa shape index (κ2) is 4.28. The van der Waals surface area contributed by atoms with Gasteiger partial charge in [-0.2, -0.15) is 0 Å². The summed E-state index contributed by atoms with van der Waals surface area (Å²) in [6.07, 6.45) is 2.61. The Bertz CT molecular complexity index is 398. The lowest BCUT2D eigenvalue weighted by molar-refractivity contribution is -0.107. The fraction of sp³-hybridized carbons (Fsp3) is 0.500. The first kappa shape index (κ1) is 11.2. The van der Waals surface area contributed by atoms with Gasteiger partial charge >= 0.3 is 0 Å². The SMILES string of the molecule is CC(C)N1c2cccc(CC=O)c2CC1C. The molecule has 0 aliphatic carbocycles. The van der Waals surface area contributed by atoms with Gasteiger partial charge in [-0.15, -0.1) is 0 Å². The van der Waals surface area contributed by atoms with E-state index in [2.05, 4.69) is 43.9 Å². The molecule has 2 heteroatoms. The molecular weight excluding hydrogens is 198 g/mol. The minimum atomic E-state index is 0.516. The van der Waals surface area contributed by atoms with E-state index in [-0.39, 0.29) is 0 Å². The van der Waals surface area contributed by atoms with Crippen molar-refractivity contribution in [2.24, 2.45) is 0 Å². The van der Waals surface area contributed by atoms with Crippen LogP contribution in [0.3, 0.4) is 0 Å². The Kier molecular flexibility index (Phi) is 2.99. The first-order chi connectivity index (χ1) is 7.65. The lowest BCUT2D eigenvalue weighted by Crippen LogP contribution is -2.35. The van der Waals surface area contributed by atoms with E-state index in [1.807, 2.05) is 0 Å². The molecule has 0 radical (unpaired) electrons. The third kappa shape index (κ3) is 1.73. The van der Waals surface area contributed by atoms with Gasteiger partial charge in [0.15, 0.2) is 0 Å². The molecule has 1 atom stereocenters. The number of hydrogen-bond acceptors (Lipinski definition) is 2. The first-order valence-corrected chi connectivity index (χ1v) is 5.98. The van der Waals surface area contributed by atoms with Crippen LogP contribution in [0.4, 0.5) is 5.69 Å². The van der Waals surface area contributed by atoms with Crippen LogP contribution in [0.15, 0.2) is 18.2 Å². The lowest BCUT2D eigenvalue weighted by Gasteiger charge is -2.29. The Morgan fingerprint density at radius 3 is 2.88 bits per heavy atom. The zero-order chi connectivity index (χ0) is 11.7. The number of hydrogen-bond donors (Lipinski definition) is 0. The van der Waals surface area contributed by atoms with Gasteiger partial charge in [0.2, 0.25) is 0 Å². The quantitative estimate of drug-likeness (QED) is 0.725. The van der Waals surface area contributed by atoms with Crippen LogP contribution in [-0.2, 0) is 17.6 Å². The Labute approximate surface area is 97.3 Å². The van der Waals surface area contributed by atoms with Crippen LogP contribution in [-0.4, -0.2) is 18.4 Å². The summed E-state index contributed by atoms with van der Waals surface area (Å²) in [6.45, 7) is 6.70. The summed E-state index contributed by atoms with van der Waals surface area (Å²) in [5, 5.41) is 0. The number of benzene rings is 1. The zero-order valence-corrected chi connectivity index (χ0v) is 10.2. The lowest BCUT2D eigenvalue weighted by atomic mass is 10.0. The average molecular weight is 217 g/mol. The van der Waals surface area contributed by atoms with E-state index in [0.717, 1.165) is 12.7 Å². The number of carbonyl (C=O) groups excluding carboxylic acids is 1. The number of anilines is 1. The topological polar surface area (TPSA) is 20.3 Å². The average Bonchev–Trinajstić information content (AvgIpc) is 2.55. The number of rotatable bonds is 3. The summed E-state index contributed by atoms with van der Waals surface area (Å²) in [6, 6.07) is 7.37. The minimum absolute atomic E-state index is 0.516. The molecule has 0 fully saturated rings. The highest BCUT2D eigenvalue weighted by Gasteiger charge is 2.28. The molecule has 2 rings (SSSR count). The molecule has 0 saturated heterocycles. The third-order valence-electron chi connectivity index (χ3n) is 3.36. The molecule has 1 aromatic carbocycles. The summed E-state index contributed by atoms with van der Waals surface area (Å²) in [7, 11) is 0. The van der Waals surface area contributed by atoms with Crippen molar-refractivity contribution in [1.82, 2.24) is 0 Å². The maximum atomic E-state index is 10.7. The van der Waals surface area contributed by atoms with Gasteiger partial charge in [-0.05, 0) is 44.4 Å². The van der Waals surface area contributed by atoms with Crippen molar-refractivity contribution < 1.29 is 4.79 Å². The fourth-order valence-corrected chi connectivity index (χ4v) is 2.80. The predicted molar refractivity (Wildman–Crippen MR) is 67.0 cm³/mol. The summed E-state index contributed by atoms with van der Waals surface area (Å²) in [4.78, 5) is 13.1. The van der Waals surface area contributed by atoms with Crippen LogP contribution in [0.2, 0.25) is 0 Å². The van der Waals surface area contributed by atoms with Crippen molar-refractivity contribution in [3.8, 4) is 0 Å². The van der Waals surface area contributed by atoms with Gasteiger partial charge in [0.1, 0.15) is 6.29 Å². The summed E-state index contributed by atoms with van der Waals surface area (Å²) < 4.78 is 0. The molecule has 0 N–H and O–H groups in total. The number of aldehydes is 1. The van der Waals surface area contributed by atoms with Crippen LogP contribution in [0.5, 0.6) is 0 Å². The largest absolute Gasteiger partial charge is 0.366 e. The molecule has 1 heterocycles. The Balaban J connectivity index is 2.44. The molecule has 0 bridgehead atoms. The van der Waals surface area contributed by atoms with E-state index >= 15 is 0 Å². The molecule has 0 amide bonds. The molecule has 86 valence electrons. The minimum Gasteiger partial charge on any atom is -0.366 e. The second-order valence-corrected chi connectivity index (χ2v) is 4.84. The van der Waals surface area contributed by atoms with Gasteiger partial charge in [0.25, 0.3) is 0 Å². The Hall–Kier alpha value is -1.31. The molecule has 1 aromatic rings. The van der Waals surface area contributed by atoms with E-state index in [1.165, 1.54) is 16.8 Å². The van der Waals surface area contributed by atoms with Gasteiger partial charge in [-0.1, -0.05) is 12.1 Å². The van der Waals surface area contributed by atoms with Crippen LogP contribution < -0.4 is 4.90 Å². The van der Waals surface area contributed by atoms with Crippen LogP contribution in [0.1, 0.15) is 31.9 Å². The van der Waals surface area contributed by atoms with Crippen molar-refractivity contribution in [2.75, 3.05) is 4.90 Å². The van der Waals surface area contributed by atoms with E-state index in [9.17, 15) is 4.79 Å². The standard InChI is InChI=1S/C14H19NO/c1-10(2)15-11(3)9-13-12(7-8-16)5-4-6-14(13)15/h4-6,8,10-11H,7,9H2,1-3H3. The van der Waals surface area contributed by atoms with Gasteiger partial charge in [-0.3, -0.25) is 0 Å². The molecule has 16 heavy (non-hydrogen) atoms. The Morgan fingerprint density at radius 1 is 1.50 bits per heavy atom. The molecule has 1 aliphatic heterocycles. The summed E-state index contributed by atoms with van der Waals surface area (Å²) in [5.41, 5.74) is 3.89. The van der Waals surface area contributed by atoms with Crippen LogP contribution >= 0.6 is 0 Å². The highest BCUT2D eigenvalue weighted by Crippen LogP contribution is 2.35. The van der Waals surface area contributed by atoms with E-state index in [0.29, 0.717) is 18.5 Å². The van der Waals surface area contributed by atoms with E-state index in [4.69, 9.17) is 0 Å². The number of fused-ring (bicyclic) bond motifs is 1. The molecule has 2 nitrogen and oxygen atoms in total. The van der Waals surface area contributed by atoms with Gasteiger partial charge in [0.05, 0.1) is 0 Å². The third-order valence-corrected chi connectivity index (χ3v) is 3.36. The van der Waals surface area contributed by atoms with Crippen molar-refractivity contribution in [3.05, 3.63) is 29.3 Å². The molecule has 0 saturated carbocycles. The van der Waals surface area contributed by atoms with E-state index in [1.54, 1.807) is 0 Å². The van der Waals surface area contributed by atoms with Crippen LogP contribution in [0, 0.1) is 0 Å².